The van der Waals surface area contributed by atoms with Gasteiger partial charge >= 0.3 is 0 Å². The Balaban J connectivity index is 2.18. The van der Waals surface area contributed by atoms with E-state index in [1.54, 1.807) is 7.11 Å². The zero-order chi connectivity index (χ0) is 14.5. The average Bonchev–Trinajstić information content (AvgIpc) is 2.46. The maximum Gasteiger partial charge on any atom is 0.125 e. The first-order valence-corrected chi connectivity index (χ1v) is 7.18. The molecule has 2 aromatic carbocycles. The van der Waals surface area contributed by atoms with E-state index in [1.165, 1.54) is 5.56 Å². The van der Waals surface area contributed by atoms with Gasteiger partial charge < -0.3 is 15.2 Å². The highest BCUT2D eigenvalue weighted by molar-refractivity contribution is 9.10. The van der Waals surface area contributed by atoms with Gasteiger partial charge in [0.05, 0.1) is 7.11 Å². The third-order valence-electron chi connectivity index (χ3n) is 3.06. The van der Waals surface area contributed by atoms with Crippen LogP contribution in [0.1, 0.15) is 16.7 Å². The van der Waals surface area contributed by atoms with E-state index in [1.807, 2.05) is 43.3 Å². The van der Waals surface area contributed by atoms with E-state index in [0.29, 0.717) is 13.2 Å². The van der Waals surface area contributed by atoms with Crippen LogP contribution in [-0.4, -0.2) is 7.11 Å². The zero-order valence-corrected chi connectivity index (χ0v) is 13.2. The average molecular weight is 336 g/mol. The number of aryl methyl sites for hydroxylation is 1. The van der Waals surface area contributed by atoms with Crippen molar-refractivity contribution >= 4 is 15.9 Å². The molecular weight excluding hydrogens is 318 g/mol. The minimum Gasteiger partial charge on any atom is -0.496 e. The summed E-state index contributed by atoms with van der Waals surface area (Å²) in [6.45, 7) is 2.95. The lowest BCUT2D eigenvalue weighted by molar-refractivity contribution is 0.293. The summed E-state index contributed by atoms with van der Waals surface area (Å²) in [4.78, 5) is 0. The molecule has 0 fully saturated rings. The van der Waals surface area contributed by atoms with Gasteiger partial charge in [-0.3, -0.25) is 0 Å². The first-order chi connectivity index (χ1) is 9.63. The number of methoxy groups -OCH3 is 1. The lowest BCUT2D eigenvalue weighted by Gasteiger charge is -2.13. The highest BCUT2D eigenvalue weighted by Crippen LogP contribution is 2.26. The van der Waals surface area contributed by atoms with E-state index in [-0.39, 0.29) is 0 Å². The second kappa shape index (κ2) is 6.77. The monoisotopic (exact) mass is 335 g/mol. The van der Waals surface area contributed by atoms with Crippen molar-refractivity contribution in [2.75, 3.05) is 7.11 Å². The van der Waals surface area contributed by atoms with Gasteiger partial charge in [0.15, 0.2) is 0 Å². The maximum absolute atomic E-state index is 5.89. The van der Waals surface area contributed by atoms with Gasteiger partial charge in [-0.15, -0.1) is 0 Å². The summed E-state index contributed by atoms with van der Waals surface area (Å²) in [6, 6.07) is 11.9. The predicted molar refractivity (Wildman–Crippen MR) is 84.1 cm³/mol. The molecule has 0 spiro atoms. The molecule has 0 atom stereocenters. The first kappa shape index (κ1) is 14.9. The molecule has 4 heteroatoms. The lowest BCUT2D eigenvalue weighted by atomic mass is 10.1. The van der Waals surface area contributed by atoms with Crippen molar-refractivity contribution in [1.82, 2.24) is 0 Å². The number of hydrogen-bond acceptors (Lipinski definition) is 3. The van der Waals surface area contributed by atoms with Crippen LogP contribution >= 0.6 is 15.9 Å². The smallest absolute Gasteiger partial charge is 0.125 e. The molecule has 0 amide bonds. The van der Waals surface area contributed by atoms with Crippen molar-refractivity contribution in [2.45, 2.75) is 20.1 Å². The fraction of sp³-hybridized carbons (Fsp3) is 0.250. The molecule has 0 aliphatic heterocycles. The van der Waals surface area contributed by atoms with Crippen molar-refractivity contribution in [1.29, 1.82) is 0 Å². The molecule has 2 aromatic rings. The van der Waals surface area contributed by atoms with Crippen LogP contribution in [0.15, 0.2) is 40.9 Å². The molecule has 3 nitrogen and oxygen atoms in total. The summed E-state index contributed by atoms with van der Waals surface area (Å²) in [5.41, 5.74) is 8.94. The summed E-state index contributed by atoms with van der Waals surface area (Å²) in [7, 11) is 1.66. The number of nitrogens with two attached hydrogens (primary N) is 1. The standard InChI is InChI=1S/C16H18BrNO2/c1-11-3-5-16(12(7-11)9-18)20-10-13-8-14(17)4-6-15(13)19-2/h3-8H,9-10,18H2,1-2H3. The van der Waals surface area contributed by atoms with E-state index >= 15 is 0 Å². The summed E-state index contributed by atoms with van der Waals surface area (Å²) >= 11 is 3.46. The Kier molecular flexibility index (Phi) is 5.04. The third-order valence-corrected chi connectivity index (χ3v) is 3.55. The summed E-state index contributed by atoms with van der Waals surface area (Å²) in [5.74, 6) is 1.63. The van der Waals surface area contributed by atoms with Gasteiger partial charge in [-0.25, -0.2) is 0 Å². The molecule has 0 unspecified atom stereocenters. The number of ether oxygens (including phenoxy) is 2. The van der Waals surface area contributed by atoms with Crippen LogP contribution < -0.4 is 15.2 Å². The van der Waals surface area contributed by atoms with Gasteiger partial charge in [0, 0.05) is 22.1 Å². The van der Waals surface area contributed by atoms with Crippen molar-refractivity contribution in [3.8, 4) is 11.5 Å². The molecule has 0 aromatic heterocycles. The van der Waals surface area contributed by atoms with Crippen molar-refractivity contribution in [2.24, 2.45) is 5.73 Å². The second-order valence-corrected chi connectivity index (χ2v) is 5.48. The number of rotatable bonds is 5. The summed E-state index contributed by atoms with van der Waals surface area (Å²) < 4.78 is 12.2. The van der Waals surface area contributed by atoms with Crippen LogP contribution in [0, 0.1) is 6.92 Å². The van der Waals surface area contributed by atoms with E-state index in [4.69, 9.17) is 15.2 Å². The fourth-order valence-electron chi connectivity index (χ4n) is 2.02. The Hall–Kier alpha value is -1.52. The van der Waals surface area contributed by atoms with Crippen LogP contribution in [-0.2, 0) is 13.2 Å². The van der Waals surface area contributed by atoms with E-state index in [9.17, 15) is 0 Å². The number of halogens is 1. The van der Waals surface area contributed by atoms with Crippen LogP contribution in [0.5, 0.6) is 11.5 Å². The third kappa shape index (κ3) is 3.52. The number of hydrogen-bond donors (Lipinski definition) is 1. The molecule has 0 saturated heterocycles. The molecule has 106 valence electrons. The number of benzene rings is 2. The Morgan fingerprint density at radius 3 is 2.50 bits per heavy atom. The van der Waals surface area contributed by atoms with Gasteiger partial charge in [0.2, 0.25) is 0 Å². The normalized spacial score (nSPS) is 10.4. The molecule has 0 heterocycles. The summed E-state index contributed by atoms with van der Waals surface area (Å²) in [6.07, 6.45) is 0. The topological polar surface area (TPSA) is 44.5 Å². The van der Waals surface area contributed by atoms with E-state index < -0.39 is 0 Å². The molecule has 0 saturated carbocycles. The van der Waals surface area contributed by atoms with Gasteiger partial charge in [-0.1, -0.05) is 33.6 Å². The second-order valence-electron chi connectivity index (χ2n) is 4.56. The molecular formula is C16H18BrNO2. The lowest BCUT2D eigenvalue weighted by Crippen LogP contribution is -2.04. The molecule has 20 heavy (non-hydrogen) atoms. The SMILES string of the molecule is COc1ccc(Br)cc1COc1ccc(C)cc1CN. The minimum absolute atomic E-state index is 0.443. The van der Waals surface area contributed by atoms with Crippen LogP contribution in [0.2, 0.25) is 0 Å². The van der Waals surface area contributed by atoms with Crippen LogP contribution in [0.4, 0.5) is 0 Å². The van der Waals surface area contributed by atoms with Crippen LogP contribution in [0.3, 0.4) is 0 Å². The van der Waals surface area contributed by atoms with Gasteiger partial charge in [0.1, 0.15) is 18.1 Å². The van der Waals surface area contributed by atoms with E-state index in [2.05, 4.69) is 15.9 Å². The largest absolute Gasteiger partial charge is 0.496 e. The van der Waals surface area contributed by atoms with E-state index in [0.717, 1.165) is 27.1 Å². The maximum atomic E-state index is 5.89. The van der Waals surface area contributed by atoms with Crippen molar-refractivity contribution in [3.63, 3.8) is 0 Å². The molecule has 0 radical (unpaired) electrons. The minimum atomic E-state index is 0.443. The molecule has 0 aliphatic rings. The Morgan fingerprint density at radius 1 is 1.05 bits per heavy atom. The molecule has 0 bridgehead atoms. The Bertz CT molecular complexity index is 599. The fourth-order valence-corrected chi connectivity index (χ4v) is 2.43. The van der Waals surface area contributed by atoms with Gasteiger partial charge in [-0.05, 0) is 31.2 Å². The molecule has 2 N–H and O–H groups in total. The highest BCUT2D eigenvalue weighted by atomic mass is 79.9. The van der Waals surface area contributed by atoms with Crippen molar-refractivity contribution in [3.05, 3.63) is 57.6 Å². The van der Waals surface area contributed by atoms with Crippen LogP contribution in [0.25, 0.3) is 0 Å². The van der Waals surface area contributed by atoms with Crippen molar-refractivity contribution < 1.29 is 9.47 Å². The first-order valence-electron chi connectivity index (χ1n) is 6.39. The highest BCUT2D eigenvalue weighted by Gasteiger charge is 2.07. The van der Waals surface area contributed by atoms with Gasteiger partial charge in [-0.2, -0.15) is 0 Å². The quantitative estimate of drug-likeness (QED) is 0.903. The van der Waals surface area contributed by atoms with Gasteiger partial charge in [0.25, 0.3) is 0 Å². The summed E-state index contributed by atoms with van der Waals surface area (Å²) in [5, 5.41) is 0. The predicted octanol–water partition coefficient (Wildman–Crippen LogP) is 3.80. The molecule has 2 rings (SSSR count). The Morgan fingerprint density at radius 2 is 1.80 bits per heavy atom. The molecule has 0 aliphatic carbocycles. The zero-order valence-electron chi connectivity index (χ0n) is 11.7. The Labute approximate surface area is 127 Å².